The summed E-state index contributed by atoms with van der Waals surface area (Å²) in [5.41, 5.74) is 7.05. The van der Waals surface area contributed by atoms with E-state index in [2.05, 4.69) is 32.0 Å². The highest BCUT2D eigenvalue weighted by Crippen LogP contribution is 2.42. The molecule has 6 heteroatoms. The summed E-state index contributed by atoms with van der Waals surface area (Å²) in [6, 6.07) is 10.1. The van der Waals surface area contributed by atoms with Gasteiger partial charge in [-0.25, -0.2) is 0 Å². The van der Waals surface area contributed by atoms with Gasteiger partial charge in [-0.3, -0.25) is 0 Å². The molecule has 174 valence electrons. The van der Waals surface area contributed by atoms with Crippen LogP contribution in [0.1, 0.15) is 65.7 Å². The average molecular weight is 443 g/mol. The Balaban J connectivity index is 1.79. The number of methoxy groups -OCH3 is 1. The molecule has 0 saturated carbocycles. The lowest BCUT2D eigenvalue weighted by molar-refractivity contribution is -0.232. The van der Waals surface area contributed by atoms with Crippen LogP contribution in [0.4, 0.5) is 0 Å². The molecule has 1 aliphatic carbocycles. The fourth-order valence-corrected chi connectivity index (χ4v) is 5.32. The molecule has 32 heavy (non-hydrogen) atoms. The van der Waals surface area contributed by atoms with Crippen molar-refractivity contribution >= 4 is 0 Å². The largest absolute Gasteiger partial charge is 0.497 e. The second-order valence-electron chi connectivity index (χ2n) is 9.28. The Hall–Kier alpha value is -1.96. The van der Waals surface area contributed by atoms with E-state index in [1.807, 2.05) is 12.1 Å². The van der Waals surface area contributed by atoms with Gasteiger partial charge in [-0.2, -0.15) is 0 Å². The summed E-state index contributed by atoms with van der Waals surface area (Å²) in [6.45, 7) is 3.83. The van der Waals surface area contributed by atoms with E-state index in [1.165, 1.54) is 16.7 Å². The van der Waals surface area contributed by atoms with Crippen molar-refractivity contribution < 1.29 is 29.9 Å². The molecule has 2 aliphatic rings. The predicted molar refractivity (Wildman–Crippen MR) is 121 cm³/mol. The smallest absolute Gasteiger partial charge is 0.118 e. The fraction of sp³-hybridized carbons (Fsp3) is 0.538. The Kier molecular flexibility index (Phi) is 6.89. The lowest BCUT2D eigenvalue weighted by Gasteiger charge is -2.41. The topological polar surface area (TPSA) is 99.4 Å². The summed E-state index contributed by atoms with van der Waals surface area (Å²) >= 11 is 0. The molecule has 0 aromatic heterocycles. The Bertz CT molecular complexity index is 936. The Morgan fingerprint density at radius 1 is 1.00 bits per heavy atom. The third-order valence-electron chi connectivity index (χ3n) is 6.90. The van der Waals surface area contributed by atoms with Crippen LogP contribution < -0.4 is 4.74 Å². The van der Waals surface area contributed by atoms with Gasteiger partial charge in [0.2, 0.25) is 0 Å². The zero-order valence-corrected chi connectivity index (χ0v) is 19.0. The maximum Gasteiger partial charge on any atom is 0.118 e. The molecule has 1 fully saturated rings. The first-order valence-electron chi connectivity index (χ1n) is 11.5. The highest BCUT2D eigenvalue weighted by atomic mass is 16.5. The lowest BCUT2D eigenvalue weighted by atomic mass is 9.80. The normalized spacial score (nSPS) is 27.6. The first-order chi connectivity index (χ1) is 15.3. The van der Waals surface area contributed by atoms with Gasteiger partial charge in [0.15, 0.2) is 0 Å². The molecule has 0 radical (unpaired) electrons. The summed E-state index contributed by atoms with van der Waals surface area (Å²) in [5.74, 6) is 1.02. The highest BCUT2D eigenvalue weighted by Gasteiger charge is 2.45. The molecule has 4 rings (SSSR count). The predicted octanol–water partition coefficient (Wildman–Crippen LogP) is 2.41. The van der Waals surface area contributed by atoms with Gasteiger partial charge in [0.05, 0.1) is 13.7 Å². The quantitative estimate of drug-likeness (QED) is 0.548. The zero-order valence-electron chi connectivity index (χ0n) is 19.0. The monoisotopic (exact) mass is 442 g/mol. The number of hydrogen-bond donors (Lipinski definition) is 4. The standard InChI is InChI=1S/C26H34O6/c1-14(2)22-19-6-4-5-18(19)16(11-15-7-9-17(31-3)10-8-15)12-20(22)26-25(30)24(29)23(28)21(13-27)32-26/h7-10,12,14,21,23-30H,4-6,11,13H2,1-3H3/t21-,23-,24+,25-,26+/m1/s1. The van der Waals surface area contributed by atoms with Crippen LogP contribution in [0.5, 0.6) is 5.75 Å². The molecule has 0 spiro atoms. The van der Waals surface area contributed by atoms with Crippen LogP contribution in [0.15, 0.2) is 30.3 Å². The first-order valence-corrected chi connectivity index (χ1v) is 11.5. The van der Waals surface area contributed by atoms with Crippen LogP contribution >= 0.6 is 0 Å². The van der Waals surface area contributed by atoms with E-state index in [-0.39, 0.29) is 5.92 Å². The van der Waals surface area contributed by atoms with Crippen molar-refractivity contribution in [3.63, 3.8) is 0 Å². The third-order valence-corrected chi connectivity index (χ3v) is 6.90. The molecule has 0 amide bonds. The van der Waals surface area contributed by atoms with Crippen LogP contribution in [-0.2, 0) is 24.0 Å². The van der Waals surface area contributed by atoms with Gasteiger partial charge in [-0.1, -0.05) is 32.0 Å². The van der Waals surface area contributed by atoms with Gasteiger partial charge >= 0.3 is 0 Å². The minimum absolute atomic E-state index is 0.208. The van der Waals surface area contributed by atoms with E-state index in [9.17, 15) is 20.4 Å². The molecule has 1 aliphatic heterocycles. The van der Waals surface area contributed by atoms with Gasteiger partial charge in [0, 0.05) is 0 Å². The number of aliphatic hydroxyl groups is 4. The fourth-order valence-electron chi connectivity index (χ4n) is 5.32. The number of aliphatic hydroxyl groups excluding tert-OH is 4. The van der Waals surface area contributed by atoms with Gasteiger partial charge in [-0.05, 0) is 77.1 Å². The molecule has 2 aromatic rings. The molecular formula is C26H34O6. The van der Waals surface area contributed by atoms with Gasteiger partial charge in [-0.15, -0.1) is 0 Å². The average Bonchev–Trinajstić information content (AvgIpc) is 3.28. The molecule has 5 atom stereocenters. The Morgan fingerprint density at radius 2 is 1.69 bits per heavy atom. The van der Waals surface area contributed by atoms with E-state index in [4.69, 9.17) is 9.47 Å². The van der Waals surface area contributed by atoms with Crippen molar-refractivity contribution in [3.05, 3.63) is 63.7 Å². The minimum atomic E-state index is -1.38. The van der Waals surface area contributed by atoms with Crippen LogP contribution in [0.25, 0.3) is 0 Å². The van der Waals surface area contributed by atoms with Crippen molar-refractivity contribution in [2.75, 3.05) is 13.7 Å². The van der Waals surface area contributed by atoms with E-state index in [1.54, 1.807) is 7.11 Å². The molecule has 4 N–H and O–H groups in total. The number of benzene rings is 2. The molecule has 1 heterocycles. The van der Waals surface area contributed by atoms with E-state index in [0.717, 1.165) is 48.1 Å². The second-order valence-corrected chi connectivity index (χ2v) is 9.28. The summed E-state index contributed by atoms with van der Waals surface area (Å²) < 4.78 is 11.3. The van der Waals surface area contributed by atoms with Crippen LogP contribution in [0.3, 0.4) is 0 Å². The van der Waals surface area contributed by atoms with Crippen molar-refractivity contribution in [3.8, 4) is 5.75 Å². The molecular weight excluding hydrogens is 408 g/mol. The number of fused-ring (bicyclic) bond motifs is 1. The molecule has 6 nitrogen and oxygen atoms in total. The van der Waals surface area contributed by atoms with Gasteiger partial charge < -0.3 is 29.9 Å². The zero-order chi connectivity index (χ0) is 23.0. The molecule has 1 saturated heterocycles. The number of rotatable bonds is 6. The third kappa shape index (κ3) is 4.18. The maximum atomic E-state index is 10.8. The van der Waals surface area contributed by atoms with Crippen LogP contribution in [0.2, 0.25) is 0 Å². The summed E-state index contributed by atoms with van der Waals surface area (Å²) in [4.78, 5) is 0. The first kappa shape index (κ1) is 23.2. The highest BCUT2D eigenvalue weighted by molar-refractivity contribution is 5.52. The number of hydrogen-bond acceptors (Lipinski definition) is 6. The number of ether oxygens (including phenoxy) is 2. The van der Waals surface area contributed by atoms with Crippen molar-refractivity contribution in [1.29, 1.82) is 0 Å². The minimum Gasteiger partial charge on any atom is -0.497 e. The van der Waals surface area contributed by atoms with E-state index in [0.29, 0.717) is 0 Å². The summed E-state index contributed by atoms with van der Waals surface area (Å²) in [7, 11) is 1.65. The van der Waals surface area contributed by atoms with E-state index >= 15 is 0 Å². The van der Waals surface area contributed by atoms with Crippen molar-refractivity contribution in [1.82, 2.24) is 0 Å². The summed E-state index contributed by atoms with van der Waals surface area (Å²) in [5, 5.41) is 41.2. The maximum absolute atomic E-state index is 10.8. The lowest BCUT2D eigenvalue weighted by Crippen LogP contribution is -2.55. The van der Waals surface area contributed by atoms with Crippen LogP contribution in [0, 0.1) is 0 Å². The SMILES string of the molecule is COc1ccc(Cc2cc([C@@H]3O[C@H](CO)[C@@H](O)[C@H](O)[C@H]3O)c(C(C)C)c3c2CCC3)cc1. The van der Waals surface area contributed by atoms with Gasteiger partial charge in [0.1, 0.15) is 36.3 Å². The molecule has 0 bridgehead atoms. The van der Waals surface area contributed by atoms with Gasteiger partial charge in [0.25, 0.3) is 0 Å². The Morgan fingerprint density at radius 3 is 2.31 bits per heavy atom. The summed E-state index contributed by atoms with van der Waals surface area (Å²) in [6.07, 6.45) is -1.93. The van der Waals surface area contributed by atoms with Crippen molar-refractivity contribution in [2.24, 2.45) is 0 Å². The second kappa shape index (κ2) is 9.49. The van der Waals surface area contributed by atoms with E-state index < -0.39 is 37.1 Å². The molecule has 2 aromatic carbocycles. The molecule has 0 unspecified atom stereocenters. The Labute approximate surface area is 189 Å². The van der Waals surface area contributed by atoms with Crippen molar-refractivity contribution in [2.45, 2.75) is 76.0 Å². The van der Waals surface area contributed by atoms with Crippen LogP contribution in [-0.4, -0.2) is 58.6 Å².